The van der Waals surface area contributed by atoms with Crippen molar-refractivity contribution in [1.29, 1.82) is 0 Å². The van der Waals surface area contributed by atoms with Gasteiger partial charge in [0.2, 0.25) is 0 Å². The van der Waals surface area contributed by atoms with Crippen molar-refractivity contribution < 1.29 is 9.90 Å². The van der Waals surface area contributed by atoms with Crippen molar-refractivity contribution in [3.63, 3.8) is 0 Å². The smallest absolute Gasteiger partial charge is 0.255 e. The van der Waals surface area contributed by atoms with E-state index < -0.39 is 0 Å². The Labute approximate surface area is 118 Å². The van der Waals surface area contributed by atoms with E-state index in [0.29, 0.717) is 18.6 Å². The van der Waals surface area contributed by atoms with Crippen molar-refractivity contribution in [3.05, 3.63) is 21.9 Å². The predicted molar refractivity (Wildman–Crippen MR) is 77.7 cm³/mol. The second-order valence-corrected chi connectivity index (χ2v) is 6.38. The molecule has 0 aliphatic carbocycles. The van der Waals surface area contributed by atoms with Crippen LogP contribution in [0.4, 0.5) is 0 Å². The largest absolute Gasteiger partial charge is 0.395 e. The van der Waals surface area contributed by atoms with Crippen LogP contribution in [0.1, 0.15) is 29.1 Å². The summed E-state index contributed by atoms with van der Waals surface area (Å²) in [5.74, 6) is 0.140. The first-order valence-corrected chi connectivity index (χ1v) is 7.62. The molecule has 106 valence electrons. The highest BCUT2D eigenvalue weighted by molar-refractivity contribution is 7.10. The summed E-state index contributed by atoms with van der Waals surface area (Å²) in [6.07, 6.45) is 0. The molecule has 1 fully saturated rings. The zero-order valence-electron chi connectivity index (χ0n) is 11.8. The standard InChI is InChI=1S/C14H22N2O2S/c1-10-8-15(9-11(2)16(10)5-6-17)14(18)13-4-7-19-12(13)3/h4,7,10-11,17H,5-6,8-9H2,1-3H3/t10-,11+. The first-order chi connectivity index (χ1) is 9.04. The normalized spacial score (nSPS) is 24.7. The van der Waals surface area contributed by atoms with Gasteiger partial charge in [0, 0.05) is 36.6 Å². The highest BCUT2D eigenvalue weighted by Crippen LogP contribution is 2.21. The van der Waals surface area contributed by atoms with Crippen molar-refractivity contribution in [2.24, 2.45) is 0 Å². The minimum absolute atomic E-state index is 0.140. The summed E-state index contributed by atoms with van der Waals surface area (Å²) in [4.78, 5) is 17.8. The molecule has 2 rings (SSSR count). The number of aliphatic hydroxyl groups is 1. The minimum Gasteiger partial charge on any atom is -0.395 e. The third kappa shape index (κ3) is 2.99. The molecule has 2 atom stereocenters. The average Bonchev–Trinajstić information content (AvgIpc) is 2.79. The van der Waals surface area contributed by atoms with Crippen LogP contribution in [0.15, 0.2) is 11.4 Å². The van der Waals surface area contributed by atoms with Gasteiger partial charge in [-0.2, -0.15) is 0 Å². The molecule has 19 heavy (non-hydrogen) atoms. The summed E-state index contributed by atoms with van der Waals surface area (Å²) in [5.41, 5.74) is 0.833. The summed E-state index contributed by atoms with van der Waals surface area (Å²) in [7, 11) is 0. The van der Waals surface area contributed by atoms with E-state index in [1.54, 1.807) is 11.3 Å². The van der Waals surface area contributed by atoms with E-state index in [9.17, 15) is 4.79 Å². The van der Waals surface area contributed by atoms with E-state index in [4.69, 9.17) is 5.11 Å². The number of nitrogens with zero attached hydrogens (tertiary/aromatic N) is 2. The number of hydrogen-bond acceptors (Lipinski definition) is 4. The first-order valence-electron chi connectivity index (χ1n) is 6.74. The van der Waals surface area contributed by atoms with Crippen molar-refractivity contribution in [3.8, 4) is 0 Å². The number of hydrogen-bond donors (Lipinski definition) is 1. The molecule has 1 saturated heterocycles. The van der Waals surface area contributed by atoms with Crippen molar-refractivity contribution in [1.82, 2.24) is 9.80 Å². The fourth-order valence-corrected chi connectivity index (χ4v) is 3.55. The Morgan fingerprint density at radius 3 is 2.53 bits per heavy atom. The Balaban J connectivity index is 2.08. The molecule has 1 N–H and O–H groups in total. The van der Waals surface area contributed by atoms with Crippen LogP contribution >= 0.6 is 11.3 Å². The molecular formula is C14H22N2O2S. The number of rotatable bonds is 3. The number of aryl methyl sites for hydroxylation is 1. The van der Waals surface area contributed by atoms with Gasteiger partial charge < -0.3 is 10.0 Å². The SMILES string of the molecule is Cc1sccc1C(=O)N1C[C@@H](C)N(CCO)[C@@H](C)C1. The van der Waals surface area contributed by atoms with Crippen LogP contribution in [0.5, 0.6) is 0 Å². The predicted octanol–water partition coefficient (Wildman–Crippen LogP) is 1.58. The number of carbonyl (C=O) groups is 1. The van der Waals surface area contributed by atoms with E-state index in [1.807, 2.05) is 23.3 Å². The fraction of sp³-hybridized carbons (Fsp3) is 0.643. The van der Waals surface area contributed by atoms with Crippen LogP contribution in [-0.4, -0.2) is 59.1 Å². The topological polar surface area (TPSA) is 43.8 Å². The number of carbonyl (C=O) groups excluding carboxylic acids is 1. The first kappa shape index (κ1) is 14.5. The van der Waals surface area contributed by atoms with Crippen LogP contribution in [0.2, 0.25) is 0 Å². The molecular weight excluding hydrogens is 260 g/mol. The lowest BCUT2D eigenvalue weighted by Gasteiger charge is -2.44. The molecule has 2 heterocycles. The number of amides is 1. The number of β-amino-alcohol motifs (C(OH)–C–C–N with tert-alkyl or cyclic N) is 1. The fourth-order valence-electron chi connectivity index (χ4n) is 2.86. The van der Waals surface area contributed by atoms with E-state index in [1.165, 1.54) is 0 Å². The van der Waals surface area contributed by atoms with Gasteiger partial charge in [-0.25, -0.2) is 0 Å². The molecule has 1 amide bonds. The molecule has 0 bridgehead atoms. The van der Waals surface area contributed by atoms with Crippen molar-refractivity contribution in [2.45, 2.75) is 32.9 Å². The molecule has 0 spiro atoms. The van der Waals surface area contributed by atoms with Crippen LogP contribution in [0, 0.1) is 6.92 Å². The summed E-state index contributed by atoms with van der Waals surface area (Å²) >= 11 is 1.62. The van der Waals surface area contributed by atoms with Crippen molar-refractivity contribution >= 4 is 17.2 Å². The molecule has 0 aromatic carbocycles. The summed E-state index contributed by atoms with van der Waals surface area (Å²) in [6.45, 7) is 8.55. The van der Waals surface area contributed by atoms with Crippen LogP contribution < -0.4 is 0 Å². The Hall–Kier alpha value is -0.910. The lowest BCUT2D eigenvalue weighted by Crippen LogP contribution is -2.58. The molecule has 1 aliphatic heterocycles. The van der Waals surface area contributed by atoms with Gasteiger partial charge in [-0.1, -0.05) is 0 Å². The number of piperazine rings is 1. The quantitative estimate of drug-likeness (QED) is 0.915. The molecule has 0 unspecified atom stereocenters. The molecule has 1 aromatic rings. The highest BCUT2D eigenvalue weighted by Gasteiger charge is 2.32. The Morgan fingerprint density at radius 1 is 1.42 bits per heavy atom. The van der Waals surface area contributed by atoms with Gasteiger partial charge in [0.1, 0.15) is 0 Å². The summed E-state index contributed by atoms with van der Waals surface area (Å²) in [6, 6.07) is 2.50. The van der Waals surface area contributed by atoms with Gasteiger partial charge in [-0.3, -0.25) is 9.69 Å². The van der Waals surface area contributed by atoms with Crippen molar-refractivity contribution in [2.75, 3.05) is 26.2 Å². The van der Waals surface area contributed by atoms with E-state index in [0.717, 1.165) is 23.5 Å². The van der Waals surface area contributed by atoms with Gasteiger partial charge in [-0.15, -0.1) is 11.3 Å². The van der Waals surface area contributed by atoms with Gasteiger partial charge in [0.15, 0.2) is 0 Å². The Morgan fingerprint density at radius 2 is 2.05 bits per heavy atom. The molecule has 0 saturated carbocycles. The maximum absolute atomic E-state index is 12.5. The molecule has 4 nitrogen and oxygen atoms in total. The van der Waals surface area contributed by atoms with Gasteiger partial charge >= 0.3 is 0 Å². The third-order valence-electron chi connectivity index (χ3n) is 3.84. The maximum atomic E-state index is 12.5. The zero-order chi connectivity index (χ0) is 14.0. The van der Waals surface area contributed by atoms with Crippen LogP contribution in [0.25, 0.3) is 0 Å². The lowest BCUT2D eigenvalue weighted by molar-refractivity contribution is 0.0236. The average molecular weight is 282 g/mol. The minimum atomic E-state index is 0.140. The van der Waals surface area contributed by atoms with E-state index in [-0.39, 0.29) is 12.5 Å². The molecule has 1 aliphatic rings. The van der Waals surface area contributed by atoms with Crippen LogP contribution in [-0.2, 0) is 0 Å². The van der Waals surface area contributed by atoms with E-state index >= 15 is 0 Å². The van der Waals surface area contributed by atoms with Gasteiger partial charge in [0.25, 0.3) is 5.91 Å². The second-order valence-electron chi connectivity index (χ2n) is 5.26. The van der Waals surface area contributed by atoms with Crippen LogP contribution in [0.3, 0.4) is 0 Å². The lowest BCUT2D eigenvalue weighted by atomic mass is 10.1. The molecule has 1 aromatic heterocycles. The third-order valence-corrected chi connectivity index (χ3v) is 4.68. The summed E-state index contributed by atoms with van der Waals surface area (Å²) < 4.78 is 0. The van der Waals surface area contributed by atoms with E-state index in [2.05, 4.69) is 18.7 Å². The van der Waals surface area contributed by atoms with Gasteiger partial charge in [-0.05, 0) is 32.2 Å². The monoisotopic (exact) mass is 282 g/mol. The van der Waals surface area contributed by atoms with Gasteiger partial charge in [0.05, 0.1) is 12.2 Å². The molecule has 5 heteroatoms. The summed E-state index contributed by atoms with van der Waals surface area (Å²) in [5, 5.41) is 11.1. The number of thiophene rings is 1. The maximum Gasteiger partial charge on any atom is 0.255 e. The second kappa shape index (κ2) is 6.03. The number of aliphatic hydroxyl groups excluding tert-OH is 1. The molecule has 0 radical (unpaired) electrons. The Bertz CT molecular complexity index is 434. The zero-order valence-corrected chi connectivity index (χ0v) is 12.6. The Kier molecular flexibility index (Phi) is 4.60. The highest BCUT2D eigenvalue weighted by atomic mass is 32.1.